The number of hydrogen-bond acceptors (Lipinski definition) is 5. The van der Waals surface area contributed by atoms with Crippen LogP contribution in [0.25, 0.3) is 0 Å². The van der Waals surface area contributed by atoms with Gasteiger partial charge in [0, 0.05) is 6.42 Å². The molecule has 0 fully saturated rings. The van der Waals surface area contributed by atoms with Gasteiger partial charge in [-0.1, -0.05) is 38.5 Å². The number of carbonyl (C=O) groups excluding carboxylic acids is 2. The highest BCUT2D eigenvalue weighted by Gasteiger charge is 2.00. The Morgan fingerprint density at radius 3 is 1.80 bits per heavy atom. The first kappa shape index (κ1) is 19.3. The van der Waals surface area contributed by atoms with E-state index in [1.165, 1.54) is 52.7 Å². The Labute approximate surface area is 127 Å². The lowest BCUT2D eigenvalue weighted by atomic mass is 10.1. The molecule has 20 heavy (non-hydrogen) atoms. The van der Waals surface area contributed by atoms with Gasteiger partial charge < -0.3 is 9.47 Å². The summed E-state index contributed by atoms with van der Waals surface area (Å²) in [5.41, 5.74) is 0. The number of ether oxygens (including phenoxy) is 2. The fraction of sp³-hybridized carbons (Fsp3) is 0.867. The molecule has 0 unspecified atom stereocenters. The Bertz CT molecular complexity index is 230. The van der Waals surface area contributed by atoms with Gasteiger partial charge in [-0.2, -0.15) is 11.8 Å². The van der Waals surface area contributed by atoms with Crippen molar-refractivity contribution in [2.45, 2.75) is 57.8 Å². The molecule has 0 rings (SSSR count). The molecule has 0 aliphatic heterocycles. The maximum absolute atomic E-state index is 10.9. The van der Waals surface area contributed by atoms with E-state index in [9.17, 15) is 9.59 Å². The summed E-state index contributed by atoms with van der Waals surface area (Å²) >= 11 is 1.65. The molecule has 0 aromatic heterocycles. The minimum atomic E-state index is -0.137. The van der Waals surface area contributed by atoms with Gasteiger partial charge in [0.05, 0.1) is 20.0 Å². The molecular formula is C15H28O4S. The zero-order valence-electron chi connectivity index (χ0n) is 12.8. The van der Waals surface area contributed by atoms with Gasteiger partial charge >= 0.3 is 11.9 Å². The number of thioether (sulfide) groups is 1. The lowest BCUT2D eigenvalue weighted by Crippen LogP contribution is -2.03. The maximum atomic E-state index is 10.9. The van der Waals surface area contributed by atoms with Crippen LogP contribution in [-0.4, -0.2) is 37.7 Å². The zero-order chi connectivity index (χ0) is 15.1. The summed E-state index contributed by atoms with van der Waals surface area (Å²) in [4.78, 5) is 21.7. The van der Waals surface area contributed by atoms with Gasteiger partial charge in [0.15, 0.2) is 0 Å². The van der Waals surface area contributed by atoms with Crippen molar-refractivity contribution in [1.29, 1.82) is 0 Å². The molecule has 0 aromatic rings. The molecule has 0 aromatic carbocycles. The van der Waals surface area contributed by atoms with Crippen LogP contribution >= 0.6 is 11.8 Å². The largest absolute Gasteiger partial charge is 0.469 e. The molecule has 4 nitrogen and oxygen atoms in total. The van der Waals surface area contributed by atoms with E-state index >= 15 is 0 Å². The van der Waals surface area contributed by atoms with Crippen molar-refractivity contribution in [3.63, 3.8) is 0 Å². The molecule has 118 valence electrons. The molecule has 0 N–H and O–H groups in total. The van der Waals surface area contributed by atoms with E-state index in [4.69, 9.17) is 0 Å². The van der Waals surface area contributed by atoms with Gasteiger partial charge in [-0.25, -0.2) is 0 Å². The van der Waals surface area contributed by atoms with Gasteiger partial charge in [0.25, 0.3) is 0 Å². The van der Waals surface area contributed by atoms with E-state index in [-0.39, 0.29) is 11.9 Å². The van der Waals surface area contributed by atoms with Crippen molar-refractivity contribution in [2.75, 3.05) is 25.7 Å². The van der Waals surface area contributed by atoms with Crippen LogP contribution in [0.2, 0.25) is 0 Å². The first-order valence-corrected chi connectivity index (χ1v) is 8.57. The first-order valence-electron chi connectivity index (χ1n) is 7.42. The average Bonchev–Trinajstić information content (AvgIpc) is 2.47. The summed E-state index contributed by atoms with van der Waals surface area (Å²) < 4.78 is 9.17. The van der Waals surface area contributed by atoms with Crippen LogP contribution in [0.15, 0.2) is 0 Å². The third kappa shape index (κ3) is 13.7. The summed E-state index contributed by atoms with van der Waals surface area (Å²) in [6.45, 7) is 0. The molecule has 0 aliphatic carbocycles. The number of esters is 2. The Hall–Kier alpha value is -0.710. The predicted octanol–water partition coefficient (Wildman–Crippen LogP) is 3.58. The quantitative estimate of drug-likeness (QED) is 0.384. The van der Waals surface area contributed by atoms with E-state index in [2.05, 4.69) is 9.47 Å². The Kier molecular flexibility index (Phi) is 14.2. The lowest BCUT2D eigenvalue weighted by molar-refractivity contribution is -0.140. The minimum absolute atomic E-state index is 0.102. The van der Waals surface area contributed by atoms with Gasteiger partial charge in [-0.05, 0) is 18.6 Å². The monoisotopic (exact) mass is 304 g/mol. The molecule has 0 bridgehead atoms. The molecular weight excluding hydrogens is 276 g/mol. The van der Waals surface area contributed by atoms with Crippen molar-refractivity contribution in [1.82, 2.24) is 0 Å². The van der Waals surface area contributed by atoms with Crippen molar-refractivity contribution in [3.8, 4) is 0 Å². The fourth-order valence-electron chi connectivity index (χ4n) is 1.85. The summed E-state index contributed by atoms with van der Waals surface area (Å²) in [5.74, 6) is 1.27. The number of carbonyl (C=O) groups is 2. The molecule has 5 heteroatoms. The van der Waals surface area contributed by atoms with Gasteiger partial charge in [-0.15, -0.1) is 0 Å². The van der Waals surface area contributed by atoms with Gasteiger partial charge in [0.2, 0.25) is 0 Å². The third-order valence-corrected chi connectivity index (χ3v) is 4.11. The highest BCUT2D eigenvalue weighted by Crippen LogP contribution is 2.12. The molecule has 0 atom stereocenters. The van der Waals surface area contributed by atoms with Crippen molar-refractivity contribution < 1.29 is 19.1 Å². The van der Waals surface area contributed by atoms with Crippen molar-refractivity contribution in [3.05, 3.63) is 0 Å². The minimum Gasteiger partial charge on any atom is -0.469 e. The zero-order valence-corrected chi connectivity index (χ0v) is 13.6. The van der Waals surface area contributed by atoms with Crippen molar-refractivity contribution >= 4 is 23.7 Å². The number of hydrogen-bond donors (Lipinski definition) is 0. The highest BCUT2D eigenvalue weighted by atomic mass is 32.2. The Morgan fingerprint density at radius 1 is 0.750 bits per heavy atom. The maximum Gasteiger partial charge on any atom is 0.315 e. The molecule has 0 radical (unpaired) electrons. The number of rotatable bonds is 13. The van der Waals surface area contributed by atoms with E-state index in [1.54, 1.807) is 11.8 Å². The number of methoxy groups -OCH3 is 2. The van der Waals surface area contributed by atoms with Crippen LogP contribution < -0.4 is 0 Å². The van der Waals surface area contributed by atoms with Crippen molar-refractivity contribution in [2.24, 2.45) is 0 Å². The van der Waals surface area contributed by atoms with Crippen LogP contribution in [-0.2, 0) is 19.1 Å². The van der Waals surface area contributed by atoms with E-state index in [0.717, 1.165) is 18.6 Å². The van der Waals surface area contributed by atoms with Crippen LogP contribution in [0.4, 0.5) is 0 Å². The first-order chi connectivity index (χ1) is 9.70. The smallest absolute Gasteiger partial charge is 0.315 e. The molecule has 0 aliphatic rings. The van der Waals surface area contributed by atoms with Crippen LogP contribution in [0, 0.1) is 0 Å². The van der Waals surface area contributed by atoms with E-state index in [0.29, 0.717) is 12.2 Å². The van der Waals surface area contributed by atoms with E-state index in [1.807, 2.05) is 0 Å². The molecule has 0 spiro atoms. The summed E-state index contributed by atoms with van der Waals surface area (Å²) in [6, 6.07) is 0. The summed E-state index contributed by atoms with van der Waals surface area (Å²) in [6.07, 6.45) is 9.98. The van der Waals surface area contributed by atoms with Crippen LogP contribution in [0.1, 0.15) is 57.8 Å². The average molecular weight is 304 g/mol. The standard InChI is InChI=1S/C15H28O4S/c1-18-14(16)11-9-7-5-3-4-6-8-10-12-20-13-15(17)19-2/h3-13H2,1-2H3. The van der Waals surface area contributed by atoms with Gasteiger partial charge in [-0.3, -0.25) is 9.59 Å². The second-order valence-electron chi connectivity index (χ2n) is 4.78. The predicted molar refractivity (Wildman–Crippen MR) is 82.9 cm³/mol. The Morgan fingerprint density at radius 2 is 1.25 bits per heavy atom. The van der Waals surface area contributed by atoms with Crippen LogP contribution in [0.5, 0.6) is 0 Å². The normalized spacial score (nSPS) is 10.3. The number of unbranched alkanes of at least 4 members (excludes halogenated alkanes) is 7. The molecule has 0 saturated heterocycles. The Balaban J connectivity index is 3.06. The second kappa shape index (κ2) is 14.7. The summed E-state index contributed by atoms with van der Waals surface area (Å²) in [5, 5.41) is 0. The second-order valence-corrected chi connectivity index (χ2v) is 5.89. The third-order valence-electron chi connectivity index (χ3n) is 3.09. The summed E-state index contributed by atoms with van der Waals surface area (Å²) in [7, 11) is 2.86. The lowest BCUT2D eigenvalue weighted by Gasteiger charge is -2.02. The fourth-order valence-corrected chi connectivity index (χ4v) is 2.69. The molecule has 0 saturated carbocycles. The molecule has 0 heterocycles. The van der Waals surface area contributed by atoms with Crippen LogP contribution in [0.3, 0.4) is 0 Å². The molecule has 0 amide bonds. The van der Waals surface area contributed by atoms with E-state index < -0.39 is 0 Å². The highest BCUT2D eigenvalue weighted by molar-refractivity contribution is 7.99. The topological polar surface area (TPSA) is 52.6 Å². The SMILES string of the molecule is COC(=O)CCCCCCCCCCSCC(=O)OC. The van der Waals surface area contributed by atoms with Gasteiger partial charge in [0.1, 0.15) is 0 Å².